The van der Waals surface area contributed by atoms with E-state index in [2.05, 4.69) is 5.32 Å². The topological polar surface area (TPSA) is 58.6 Å². The molecular weight excluding hydrogens is 264 g/mol. The second-order valence-electron chi connectivity index (χ2n) is 5.86. The summed E-state index contributed by atoms with van der Waals surface area (Å²) in [6.07, 6.45) is 4.38. The fourth-order valence-electron chi connectivity index (χ4n) is 2.61. The Morgan fingerprint density at radius 3 is 2.74 bits per heavy atom. The van der Waals surface area contributed by atoms with E-state index in [0.29, 0.717) is 38.2 Å². The zero-order chi connectivity index (χ0) is 13.9. The number of rotatable bonds is 7. The average Bonchev–Trinajstić information content (AvgIpc) is 3.20. The molecule has 1 saturated carbocycles. The number of piperidine rings is 1. The summed E-state index contributed by atoms with van der Waals surface area (Å²) < 4.78 is 31.8. The van der Waals surface area contributed by atoms with E-state index in [1.54, 1.807) is 11.4 Å². The fraction of sp³-hybridized carbons (Fsp3) is 1.00. The van der Waals surface area contributed by atoms with Crippen LogP contribution in [0.25, 0.3) is 0 Å². The van der Waals surface area contributed by atoms with Gasteiger partial charge in [-0.15, -0.1) is 0 Å². The number of nitrogens with one attached hydrogen (secondary N) is 1. The molecule has 0 radical (unpaired) electrons. The van der Waals surface area contributed by atoms with Gasteiger partial charge in [-0.3, -0.25) is 0 Å². The Hall–Kier alpha value is -0.170. The van der Waals surface area contributed by atoms with Crippen molar-refractivity contribution in [3.05, 3.63) is 0 Å². The summed E-state index contributed by atoms with van der Waals surface area (Å²) in [7, 11) is -1.49. The fourth-order valence-corrected chi connectivity index (χ4v) is 4.23. The van der Waals surface area contributed by atoms with Crippen LogP contribution in [0.2, 0.25) is 0 Å². The van der Waals surface area contributed by atoms with Crippen molar-refractivity contribution in [3.63, 3.8) is 0 Å². The van der Waals surface area contributed by atoms with E-state index in [4.69, 9.17) is 4.74 Å². The van der Waals surface area contributed by atoms with Crippen LogP contribution in [0.3, 0.4) is 0 Å². The molecule has 1 N–H and O–H groups in total. The van der Waals surface area contributed by atoms with E-state index in [1.165, 1.54) is 12.8 Å². The van der Waals surface area contributed by atoms with Gasteiger partial charge in [0.05, 0.1) is 11.9 Å². The molecule has 5 nitrogen and oxygen atoms in total. The first-order valence-corrected chi connectivity index (χ1v) is 8.75. The summed E-state index contributed by atoms with van der Waals surface area (Å²) in [6, 6.07) is 0.556. The van der Waals surface area contributed by atoms with E-state index in [0.717, 1.165) is 12.8 Å². The second kappa shape index (κ2) is 6.52. The summed E-state index contributed by atoms with van der Waals surface area (Å²) in [4.78, 5) is 0. The second-order valence-corrected chi connectivity index (χ2v) is 8.21. The van der Waals surface area contributed by atoms with Crippen molar-refractivity contribution >= 4 is 10.0 Å². The van der Waals surface area contributed by atoms with Crippen molar-refractivity contribution in [2.24, 2.45) is 5.92 Å². The molecule has 19 heavy (non-hydrogen) atoms. The van der Waals surface area contributed by atoms with Crippen molar-refractivity contribution in [3.8, 4) is 0 Å². The molecule has 112 valence electrons. The number of hydrogen-bond acceptors (Lipinski definition) is 4. The molecule has 0 aromatic carbocycles. The summed E-state index contributed by atoms with van der Waals surface area (Å²) in [6.45, 7) is 4.31. The monoisotopic (exact) mass is 290 g/mol. The van der Waals surface area contributed by atoms with Gasteiger partial charge in [-0.1, -0.05) is 0 Å². The zero-order valence-corrected chi connectivity index (χ0v) is 12.8. The molecule has 0 spiro atoms. The number of methoxy groups -OCH3 is 1. The third-order valence-corrected chi connectivity index (χ3v) is 6.26. The van der Waals surface area contributed by atoms with E-state index in [1.807, 2.05) is 6.92 Å². The van der Waals surface area contributed by atoms with Gasteiger partial charge < -0.3 is 10.1 Å². The van der Waals surface area contributed by atoms with E-state index in [-0.39, 0.29) is 5.25 Å². The molecule has 6 heteroatoms. The van der Waals surface area contributed by atoms with Gasteiger partial charge in [0, 0.05) is 32.8 Å². The van der Waals surface area contributed by atoms with Crippen LogP contribution in [0.5, 0.6) is 0 Å². The molecule has 2 unspecified atom stereocenters. The van der Waals surface area contributed by atoms with Crippen LogP contribution in [0.4, 0.5) is 0 Å². The largest absolute Gasteiger partial charge is 0.384 e. The molecular formula is C13H26N2O3S. The molecule has 1 heterocycles. The SMILES string of the molecule is COCC1CCCN(S(=O)(=O)C(C)CNC2CC2)C1. The lowest BCUT2D eigenvalue weighted by molar-refractivity contribution is 0.118. The van der Waals surface area contributed by atoms with Crippen LogP contribution in [-0.4, -0.2) is 57.4 Å². The van der Waals surface area contributed by atoms with E-state index in [9.17, 15) is 8.42 Å². The lowest BCUT2D eigenvalue weighted by atomic mass is 10.0. The molecule has 0 bridgehead atoms. The molecule has 1 aliphatic heterocycles. The molecule has 2 rings (SSSR count). The summed E-state index contributed by atoms with van der Waals surface area (Å²) in [5.74, 6) is 0.345. The minimum atomic E-state index is -3.17. The number of hydrogen-bond donors (Lipinski definition) is 1. The maximum absolute atomic E-state index is 12.5. The highest BCUT2D eigenvalue weighted by Crippen LogP contribution is 2.23. The molecule has 0 aromatic heterocycles. The Bertz CT molecular complexity index is 379. The lowest BCUT2D eigenvalue weighted by Gasteiger charge is -2.33. The van der Waals surface area contributed by atoms with Crippen molar-refractivity contribution in [2.75, 3.05) is 33.4 Å². The maximum Gasteiger partial charge on any atom is 0.217 e. The summed E-state index contributed by atoms with van der Waals surface area (Å²) in [5.41, 5.74) is 0. The van der Waals surface area contributed by atoms with Gasteiger partial charge in [-0.2, -0.15) is 0 Å². The Labute approximate surface area is 116 Å². The van der Waals surface area contributed by atoms with Crippen LogP contribution in [0.15, 0.2) is 0 Å². The number of ether oxygens (including phenoxy) is 1. The average molecular weight is 290 g/mol. The van der Waals surface area contributed by atoms with Crippen molar-refractivity contribution in [1.29, 1.82) is 0 Å². The standard InChI is InChI=1S/C13H26N2O3S/c1-11(8-14-13-5-6-13)19(16,17)15-7-3-4-12(9-15)10-18-2/h11-14H,3-10H2,1-2H3. The third-order valence-electron chi connectivity index (χ3n) is 4.02. The first-order valence-electron chi connectivity index (χ1n) is 7.25. The molecule has 2 atom stereocenters. The predicted octanol–water partition coefficient (Wildman–Crippen LogP) is 0.815. The number of sulfonamides is 1. The normalized spacial score (nSPS) is 27.4. The van der Waals surface area contributed by atoms with Crippen LogP contribution in [0, 0.1) is 5.92 Å². The summed E-state index contributed by atoms with van der Waals surface area (Å²) in [5, 5.41) is 2.97. The van der Waals surface area contributed by atoms with Gasteiger partial charge in [0.25, 0.3) is 0 Å². The minimum Gasteiger partial charge on any atom is -0.384 e. The van der Waals surface area contributed by atoms with Crippen LogP contribution >= 0.6 is 0 Å². The van der Waals surface area contributed by atoms with Gasteiger partial charge in [0.15, 0.2) is 0 Å². The summed E-state index contributed by atoms with van der Waals surface area (Å²) >= 11 is 0. The van der Waals surface area contributed by atoms with Crippen molar-refractivity contribution < 1.29 is 13.2 Å². The maximum atomic E-state index is 12.5. The van der Waals surface area contributed by atoms with Gasteiger partial charge in [0.2, 0.25) is 10.0 Å². The highest BCUT2D eigenvalue weighted by Gasteiger charge is 2.33. The highest BCUT2D eigenvalue weighted by molar-refractivity contribution is 7.89. The predicted molar refractivity (Wildman–Crippen MR) is 75.6 cm³/mol. The molecule has 0 aromatic rings. The van der Waals surface area contributed by atoms with Crippen LogP contribution in [-0.2, 0) is 14.8 Å². The third kappa shape index (κ3) is 4.15. The smallest absolute Gasteiger partial charge is 0.217 e. The Kier molecular flexibility index (Phi) is 5.22. The van der Waals surface area contributed by atoms with Crippen molar-refractivity contribution in [1.82, 2.24) is 9.62 Å². The molecule has 2 aliphatic rings. The lowest BCUT2D eigenvalue weighted by Crippen LogP contribution is -2.47. The first kappa shape index (κ1) is 15.2. The number of nitrogens with zero attached hydrogens (tertiary/aromatic N) is 1. The van der Waals surface area contributed by atoms with E-state index < -0.39 is 10.0 Å². The van der Waals surface area contributed by atoms with Gasteiger partial charge in [-0.25, -0.2) is 12.7 Å². The first-order chi connectivity index (χ1) is 9.04. The van der Waals surface area contributed by atoms with E-state index >= 15 is 0 Å². The van der Waals surface area contributed by atoms with Crippen molar-refractivity contribution in [2.45, 2.75) is 43.9 Å². The molecule has 1 saturated heterocycles. The Balaban J connectivity index is 1.89. The van der Waals surface area contributed by atoms with Gasteiger partial charge in [0.1, 0.15) is 0 Å². The molecule has 1 aliphatic carbocycles. The Morgan fingerprint density at radius 2 is 2.11 bits per heavy atom. The van der Waals surface area contributed by atoms with Gasteiger partial charge >= 0.3 is 0 Å². The van der Waals surface area contributed by atoms with Crippen LogP contribution in [0.1, 0.15) is 32.6 Å². The minimum absolute atomic E-state index is 0.339. The Morgan fingerprint density at radius 1 is 1.37 bits per heavy atom. The molecule has 2 fully saturated rings. The van der Waals surface area contributed by atoms with Gasteiger partial charge in [-0.05, 0) is 38.5 Å². The zero-order valence-electron chi connectivity index (χ0n) is 12.0. The quantitative estimate of drug-likeness (QED) is 0.754. The molecule has 0 amide bonds. The van der Waals surface area contributed by atoms with Crippen LogP contribution < -0.4 is 5.32 Å². The highest BCUT2D eigenvalue weighted by atomic mass is 32.2.